The highest BCUT2D eigenvalue weighted by atomic mass is 16.5. The van der Waals surface area contributed by atoms with Gasteiger partial charge in [-0.25, -0.2) is 4.68 Å². The molecular formula is C30H34N6O4. The van der Waals surface area contributed by atoms with Gasteiger partial charge in [0.1, 0.15) is 23.9 Å². The normalized spacial score (nSPS) is 15.5. The molecule has 0 spiro atoms. The molecule has 208 valence electrons. The van der Waals surface area contributed by atoms with Gasteiger partial charge in [0.2, 0.25) is 11.8 Å². The molecule has 1 aliphatic rings. The van der Waals surface area contributed by atoms with Gasteiger partial charge in [-0.05, 0) is 66.9 Å². The van der Waals surface area contributed by atoms with Crippen LogP contribution in [-0.2, 0) is 20.9 Å². The second kappa shape index (κ2) is 12.2. The van der Waals surface area contributed by atoms with Crippen LogP contribution in [0.25, 0.3) is 11.0 Å². The monoisotopic (exact) mass is 542 g/mol. The SMILES string of the molecule is COc1ccc(N(C(=O)Cn2nnc3ccccc32)[C@@H](C(=O)NC[C@H]2CCCO2)c2ccc(N(C)C)cc2)cc1. The van der Waals surface area contributed by atoms with Gasteiger partial charge in [0, 0.05) is 38.6 Å². The van der Waals surface area contributed by atoms with Gasteiger partial charge in [-0.3, -0.25) is 14.5 Å². The molecule has 1 saturated heterocycles. The Morgan fingerprint density at radius 2 is 1.77 bits per heavy atom. The Bertz CT molecular complexity index is 1450. The van der Waals surface area contributed by atoms with Gasteiger partial charge in [-0.1, -0.05) is 29.5 Å². The van der Waals surface area contributed by atoms with Crippen LogP contribution in [0.4, 0.5) is 11.4 Å². The lowest BCUT2D eigenvalue weighted by Gasteiger charge is -2.32. The second-order valence-electron chi connectivity index (χ2n) is 9.97. The number of methoxy groups -OCH3 is 1. The number of fused-ring (bicyclic) bond motifs is 1. The minimum absolute atomic E-state index is 0.0348. The van der Waals surface area contributed by atoms with Crippen molar-refractivity contribution in [2.24, 2.45) is 0 Å². The lowest BCUT2D eigenvalue weighted by atomic mass is 10.0. The van der Waals surface area contributed by atoms with E-state index in [1.807, 2.05) is 67.5 Å². The number of hydrogen-bond donors (Lipinski definition) is 1. The number of hydrogen-bond acceptors (Lipinski definition) is 7. The molecule has 2 heterocycles. The van der Waals surface area contributed by atoms with Gasteiger partial charge in [0.15, 0.2) is 0 Å². The fourth-order valence-corrected chi connectivity index (χ4v) is 4.91. The predicted molar refractivity (Wildman–Crippen MR) is 154 cm³/mol. The average Bonchev–Trinajstić information content (AvgIpc) is 3.65. The van der Waals surface area contributed by atoms with E-state index in [-0.39, 0.29) is 24.5 Å². The molecule has 1 aliphatic heterocycles. The van der Waals surface area contributed by atoms with Gasteiger partial charge < -0.3 is 19.7 Å². The van der Waals surface area contributed by atoms with Gasteiger partial charge >= 0.3 is 0 Å². The van der Waals surface area contributed by atoms with Crippen LogP contribution in [0.3, 0.4) is 0 Å². The molecule has 0 aliphatic carbocycles. The number of ether oxygens (including phenoxy) is 2. The van der Waals surface area contributed by atoms with Crippen molar-refractivity contribution >= 4 is 34.2 Å². The molecular weight excluding hydrogens is 508 g/mol. The number of carbonyl (C=O) groups is 2. The van der Waals surface area contributed by atoms with Crippen molar-refractivity contribution in [2.75, 3.05) is 44.2 Å². The molecule has 10 heteroatoms. The smallest absolute Gasteiger partial charge is 0.249 e. The lowest BCUT2D eigenvalue weighted by Crippen LogP contribution is -2.46. The third kappa shape index (κ3) is 5.91. The van der Waals surface area contributed by atoms with E-state index in [1.54, 1.807) is 36.1 Å². The van der Waals surface area contributed by atoms with Crippen LogP contribution in [-0.4, -0.2) is 67.3 Å². The Labute approximate surface area is 233 Å². The third-order valence-corrected chi connectivity index (χ3v) is 7.08. The molecule has 10 nitrogen and oxygen atoms in total. The van der Waals surface area contributed by atoms with Crippen molar-refractivity contribution in [3.63, 3.8) is 0 Å². The Balaban J connectivity index is 1.54. The zero-order valence-corrected chi connectivity index (χ0v) is 23.0. The number of aromatic nitrogens is 3. The van der Waals surface area contributed by atoms with E-state index in [2.05, 4.69) is 15.6 Å². The highest BCUT2D eigenvalue weighted by Gasteiger charge is 2.34. The maximum atomic E-state index is 14.2. The molecule has 0 bridgehead atoms. The van der Waals surface area contributed by atoms with Crippen LogP contribution >= 0.6 is 0 Å². The van der Waals surface area contributed by atoms with E-state index in [1.165, 1.54) is 4.90 Å². The van der Waals surface area contributed by atoms with Crippen molar-refractivity contribution in [1.29, 1.82) is 0 Å². The van der Waals surface area contributed by atoms with Crippen molar-refractivity contribution in [3.05, 3.63) is 78.4 Å². The molecule has 2 amide bonds. The number of rotatable bonds is 10. The van der Waals surface area contributed by atoms with Crippen LogP contribution in [0.1, 0.15) is 24.4 Å². The number of carbonyl (C=O) groups excluding carboxylic acids is 2. The summed E-state index contributed by atoms with van der Waals surface area (Å²) in [5, 5.41) is 11.5. The molecule has 0 radical (unpaired) electrons. The van der Waals surface area contributed by atoms with Crippen molar-refractivity contribution < 1.29 is 19.1 Å². The maximum absolute atomic E-state index is 14.2. The molecule has 2 atom stereocenters. The van der Waals surface area contributed by atoms with Crippen LogP contribution in [0.15, 0.2) is 72.8 Å². The standard InChI is InChI=1S/C30H34N6O4/c1-34(2)22-12-10-21(11-13-22)29(30(38)31-19-25-7-6-18-40-25)36(23-14-16-24(39-3)17-15-23)28(37)20-35-27-9-5-4-8-26(27)32-33-35/h4-5,8-17,25,29H,6-7,18-20H2,1-3H3,(H,31,38)/t25-,29-/m1/s1. The Morgan fingerprint density at radius 1 is 1.05 bits per heavy atom. The van der Waals surface area contributed by atoms with Gasteiger partial charge in [0.25, 0.3) is 0 Å². The van der Waals surface area contributed by atoms with E-state index in [9.17, 15) is 9.59 Å². The predicted octanol–water partition coefficient (Wildman–Crippen LogP) is 3.58. The first-order valence-electron chi connectivity index (χ1n) is 13.4. The summed E-state index contributed by atoms with van der Waals surface area (Å²) in [7, 11) is 5.49. The summed E-state index contributed by atoms with van der Waals surface area (Å²) >= 11 is 0. The molecule has 0 unspecified atom stereocenters. The summed E-state index contributed by atoms with van der Waals surface area (Å²) in [5.74, 6) is 0.0450. The summed E-state index contributed by atoms with van der Waals surface area (Å²) < 4.78 is 12.6. The third-order valence-electron chi connectivity index (χ3n) is 7.08. The summed E-state index contributed by atoms with van der Waals surface area (Å²) in [5.41, 5.74) is 3.66. The Kier molecular flexibility index (Phi) is 8.26. The fraction of sp³-hybridized carbons (Fsp3) is 0.333. The highest BCUT2D eigenvalue weighted by molar-refractivity contribution is 6.01. The Morgan fingerprint density at radius 3 is 2.45 bits per heavy atom. The van der Waals surface area contributed by atoms with Crippen molar-refractivity contribution in [3.8, 4) is 5.75 Å². The fourth-order valence-electron chi connectivity index (χ4n) is 4.91. The molecule has 3 aromatic carbocycles. The van der Waals surface area contributed by atoms with E-state index in [0.29, 0.717) is 35.7 Å². The molecule has 40 heavy (non-hydrogen) atoms. The number of anilines is 2. The van der Waals surface area contributed by atoms with Crippen molar-refractivity contribution in [1.82, 2.24) is 20.3 Å². The maximum Gasteiger partial charge on any atom is 0.249 e. The molecule has 0 saturated carbocycles. The molecule has 1 aromatic heterocycles. The number of nitrogens with one attached hydrogen (secondary N) is 1. The molecule has 4 aromatic rings. The van der Waals surface area contributed by atoms with Crippen molar-refractivity contribution in [2.45, 2.75) is 31.5 Å². The minimum atomic E-state index is -0.937. The summed E-state index contributed by atoms with van der Waals surface area (Å²) in [6.45, 7) is 0.972. The van der Waals surface area contributed by atoms with E-state index in [4.69, 9.17) is 9.47 Å². The topological polar surface area (TPSA) is 102 Å². The first-order chi connectivity index (χ1) is 19.4. The number of para-hydroxylation sites is 1. The van der Waals surface area contributed by atoms with Crippen LogP contribution in [0.5, 0.6) is 5.75 Å². The van der Waals surface area contributed by atoms with Crippen LogP contribution in [0, 0.1) is 0 Å². The molecule has 1 N–H and O–H groups in total. The van der Waals surface area contributed by atoms with E-state index < -0.39 is 6.04 Å². The van der Waals surface area contributed by atoms with Gasteiger partial charge in [-0.2, -0.15) is 0 Å². The summed E-state index contributed by atoms with van der Waals surface area (Å²) in [4.78, 5) is 31.6. The van der Waals surface area contributed by atoms with Crippen LogP contribution in [0.2, 0.25) is 0 Å². The summed E-state index contributed by atoms with van der Waals surface area (Å²) in [6.07, 6.45) is 1.83. The zero-order chi connectivity index (χ0) is 28.1. The quantitative estimate of drug-likeness (QED) is 0.327. The average molecular weight is 543 g/mol. The minimum Gasteiger partial charge on any atom is -0.497 e. The largest absolute Gasteiger partial charge is 0.497 e. The van der Waals surface area contributed by atoms with Crippen LogP contribution < -0.4 is 19.9 Å². The number of nitrogens with zero attached hydrogens (tertiary/aromatic N) is 5. The Hall–Kier alpha value is -4.44. The summed E-state index contributed by atoms with van der Waals surface area (Å²) in [6, 6.07) is 21.3. The molecule has 1 fully saturated rings. The lowest BCUT2D eigenvalue weighted by molar-refractivity contribution is -0.127. The first-order valence-corrected chi connectivity index (χ1v) is 13.4. The van der Waals surface area contributed by atoms with Gasteiger partial charge in [-0.15, -0.1) is 5.10 Å². The second-order valence-corrected chi connectivity index (χ2v) is 9.97. The van der Waals surface area contributed by atoms with Gasteiger partial charge in [0.05, 0.1) is 18.7 Å². The van der Waals surface area contributed by atoms with E-state index in [0.717, 1.165) is 24.0 Å². The zero-order valence-electron chi connectivity index (χ0n) is 23.0. The molecule has 5 rings (SSSR count). The number of benzene rings is 3. The highest BCUT2D eigenvalue weighted by Crippen LogP contribution is 2.31. The first kappa shape index (κ1) is 27.1. The number of amides is 2. The van der Waals surface area contributed by atoms with E-state index >= 15 is 0 Å².